The van der Waals surface area contributed by atoms with E-state index in [1.807, 2.05) is 27.8 Å². The maximum absolute atomic E-state index is 13.2. The van der Waals surface area contributed by atoms with Gasteiger partial charge in [0.25, 0.3) is 0 Å². The molecule has 1 amide bonds. The fraction of sp³-hybridized carbons (Fsp3) is 0.370. The van der Waals surface area contributed by atoms with Crippen LogP contribution >= 0.6 is 23.2 Å². The molecule has 4 aromatic heterocycles. The number of halogens is 2. The molecule has 2 aliphatic heterocycles. The molecule has 0 aromatic carbocycles. The molecule has 0 radical (unpaired) electrons. The zero-order valence-corrected chi connectivity index (χ0v) is 22.9. The maximum Gasteiger partial charge on any atom is 0.242 e. The van der Waals surface area contributed by atoms with Gasteiger partial charge < -0.3 is 20.0 Å². The third kappa shape index (κ3) is 5.31. The largest absolute Gasteiger partial charge is 0.365 e. The highest BCUT2D eigenvalue weighted by Gasteiger charge is 2.25. The first kappa shape index (κ1) is 25.6. The van der Waals surface area contributed by atoms with Crippen molar-refractivity contribution in [1.29, 1.82) is 0 Å². The van der Waals surface area contributed by atoms with E-state index in [-0.39, 0.29) is 12.5 Å². The van der Waals surface area contributed by atoms with Crippen molar-refractivity contribution in [1.82, 2.24) is 29.2 Å². The number of carbonyl (C=O) groups is 1. The molecule has 0 saturated carbocycles. The van der Waals surface area contributed by atoms with Crippen LogP contribution < -0.4 is 15.1 Å². The number of hydrogen-bond donors (Lipinski definition) is 1. The maximum atomic E-state index is 13.2. The van der Waals surface area contributed by atoms with Gasteiger partial charge in [0.15, 0.2) is 5.65 Å². The zero-order valence-electron chi connectivity index (χ0n) is 21.4. The lowest BCUT2D eigenvalue weighted by Gasteiger charge is -2.36. The Morgan fingerprint density at radius 1 is 0.872 bits per heavy atom. The number of amides is 1. The molecule has 12 heteroatoms. The van der Waals surface area contributed by atoms with E-state index >= 15 is 0 Å². The molecule has 202 valence electrons. The Morgan fingerprint density at radius 2 is 1.64 bits per heavy atom. The number of hydrogen-bond acceptors (Lipinski definition) is 8. The molecule has 0 aliphatic carbocycles. The summed E-state index contributed by atoms with van der Waals surface area (Å²) in [5.74, 6) is 1.74. The van der Waals surface area contributed by atoms with Crippen LogP contribution in [0.1, 0.15) is 19.3 Å². The van der Waals surface area contributed by atoms with Crippen molar-refractivity contribution >= 4 is 52.1 Å². The summed E-state index contributed by atoms with van der Waals surface area (Å²) < 4.78 is 1.92. The Bertz CT molecular complexity index is 1440. The molecule has 6 heterocycles. The number of pyridine rings is 2. The van der Waals surface area contributed by atoms with Gasteiger partial charge in [-0.15, -0.1) is 0 Å². The molecule has 39 heavy (non-hydrogen) atoms. The first-order valence-electron chi connectivity index (χ1n) is 13.2. The highest BCUT2D eigenvalue weighted by atomic mass is 35.5. The second kappa shape index (κ2) is 11.2. The number of fused-ring (bicyclic) bond motifs is 1. The molecular weight excluding hydrogens is 537 g/mol. The second-order valence-corrected chi connectivity index (χ2v) is 10.6. The summed E-state index contributed by atoms with van der Waals surface area (Å²) in [5, 5.41) is 4.37. The van der Waals surface area contributed by atoms with Gasteiger partial charge in [-0.1, -0.05) is 23.2 Å². The Morgan fingerprint density at radius 3 is 2.36 bits per heavy atom. The molecule has 0 bridgehead atoms. The summed E-state index contributed by atoms with van der Waals surface area (Å²) >= 11 is 12.7. The van der Waals surface area contributed by atoms with Gasteiger partial charge in [-0.05, 0) is 31.4 Å². The van der Waals surface area contributed by atoms with Crippen LogP contribution in [0.2, 0.25) is 10.0 Å². The highest BCUT2D eigenvalue weighted by Crippen LogP contribution is 2.33. The van der Waals surface area contributed by atoms with Gasteiger partial charge in [-0.2, -0.15) is 0 Å². The number of carbonyl (C=O) groups excluding carboxylic acids is 1. The van der Waals surface area contributed by atoms with Crippen LogP contribution in [-0.4, -0.2) is 81.0 Å². The Balaban J connectivity index is 1.15. The highest BCUT2D eigenvalue weighted by molar-refractivity contribution is 6.38. The molecule has 10 nitrogen and oxygen atoms in total. The van der Waals surface area contributed by atoms with E-state index in [1.54, 1.807) is 24.8 Å². The van der Waals surface area contributed by atoms with Crippen LogP contribution in [0.4, 0.5) is 17.3 Å². The minimum absolute atomic E-state index is 0.00935. The van der Waals surface area contributed by atoms with E-state index in [4.69, 9.17) is 33.2 Å². The summed E-state index contributed by atoms with van der Waals surface area (Å²) in [4.78, 5) is 37.2. The Labute approximate surface area is 236 Å². The summed E-state index contributed by atoms with van der Waals surface area (Å²) in [6.45, 7) is 4.63. The van der Waals surface area contributed by atoms with Crippen molar-refractivity contribution in [3.05, 3.63) is 59.4 Å². The minimum atomic E-state index is 0.00935. The smallest absolute Gasteiger partial charge is 0.242 e. The molecule has 6 rings (SSSR count). The number of anilines is 3. The fourth-order valence-electron chi connectivity index (χ4n) is 5.27. The van der Waals surface area contributed by atoms with Crippen molar-refractivity contribution in [2.45, 2.75) is 19.3 Å². The van der Waals surface area contributed by atoms with Gasteiger partial charge in [0, 0.05) is 75.8 Å². The zero-order chi connectivity index (χ0) is 26.8. The van der Waals surface area contributed by atoms with Crippen LogP contribution in [0.15, 0.2) is 49.3 Å². The molecule has 4 aromatic rings. The third-order valence-electron chi connectivity index (χ3n) is 7.32. The molecule has 0 unspecified atom stereocenters. The van der Waals surface area contributed by atoms with E-state index in [9.17, 15) is 4.79 Å². The summed E-state index contributed by atoms with van der Waals surface area (Å²) in [6, 6.07) is 4.10. The lowest BCUT2D eigenvalue weighted by molar-refractivity contribution is -0.129. The normalized spacial score (nSPS) is 16.1. The van der Waals surface area contributed by atoms with E-state index in [0.29, 0.717) is 41.9 Å². The van der Waals surface area contributed by atoms with Crippen molar-refractivity contribution in [2.24, 2.45) is 0 Å². The van der Waals surface area contributed by atoms with Crippen LogP contribution in [0.5, 0.6) is 0 Å². The average molecular weight is 566 g/mol. The topological polar surface area (TPSA) is 94.8 Å². The summed E-state index contributed by atoms with van der Waals surface area (Å²) in [6.07, 6.45) is 14.0. The molecule has 2 saturated heterocycles. The van der Waals surface area contributed by atoms with E-state index < -0.39 is 0 Å². The van der Waals surface area contributed by atoms with E-state index in [0.717, 1.165) is 41.7 Å². The summed E-state index contributed by atoms with van der Waals surface area (Å²) in [5.41, 5.74) is 3.08. The van der Waals surface area contributed by atoms with Crippen LogP contribution in [0.3, 0.4) is 0 Å². The quantitative estimate of drug-likeness (QED) is 0.371. The van der Waals surface area contributed by atoms with Gasteiger partial charge in [-0.3, -0.25) is 19.2 Å². The van der Waals surface area contributed by atoms with Crippen molar-refractivity contribution < 1.29 is 4.79 Å². The van der Waals surface area contributed by atoms with Crippen LogP contribution in [0.25, 0.3) is 16.9 Å². The molecule has 2 aliphatic rings. The minimum Gasteiger partial charge on any atom is -0.365 e. The average Bonchev–Trinajstić information content (AvgIpc) is 3.35. The number of nitrogens with zero attached hydrogens (tertiary/aromatic N) is 8. The number of piperazine rings is 1. The Kier molecular flexibility index (Phi) is 7.38. The standard InChI is InChI=1S/C27H29Cl2N9O/c28-20-15-31-16-21(29)26(20)37-12-10-36(11-13-37)24(39)18-33-27-25(34-23-17-30-6-9-38(23)27)19-4-5-22(32-14-19)35-7-2-1-3-8-35/h4-6,9,14-17,33H,1-3,7-8,10-13,18H2. The summed E-state index contributed by atoms with van der Waals surface area (Å²) in [7, 11) is 0. The van der Waals surface area contributed by atoms with Gasteiger partial charge >= 0.3 is 0 Å². The van der Waals surface area contributed by atoms with Crippen molar-refractivity contribution in [3.63, 3.8) is 0 Å². The molecular formula is C27H29Cl2N9O. The van der Waals surface area contributed by atoms with Crippen molar-refractivity contribution in [3.8, 4) is 11.3 Å². The number of nitrogens with one attached hydrogen (secondary N) is 1. The lowest BCUT2D eigenvalue weighted by atomic mass is 10.1. The van der Waals surface area contributed by atoms with Crippen LogP contribution in [-0.2, 0) is 4.79 Å². The van der Waals surface area contributed by atoms with E-state index in [1.165, 1.54) is 19.3 Å². The second-order valence-electron chi connectivity index (χ2n) is 9.74. The molecule has 0 atom stereocenters. The number of imidazole rings is 1. The SMILES string of the molecule is O=C(CNc1c(-c2ccc(N3CCCCC3)nc2)nc2cnccn12)N1CCN(c2c(Cl)cncc2Cl)CC1. The van der Waals surface area contributed by atoms with Gasteiger partial charge in [0.1, 0.15) is 17.3 Å². The lowest BCUT2D eigenvalue weighted by Crippen LogP contribution is -2.50. The monoisotopic (exact) mass is 565 g/mol. The number of aromatic nitrogens is 5. The predicted molar refractivity (Wildman–Crippen MR) is 154 cm³/mol. The van der Waals surface area contributed by atoms with Gasteiger partial charge in [-0.25, -0.2) is 9.97 Å². The third-order valence-corrected chi connectivity index (χ3v) is 7.87. The Hall–Kier alpha value is -3.63. The molecule has 1 N–H and O–H groups in total. The van der Waals surface area contributed by atoms with Gasteiger partial charge in [0.2, 0.25) is 5.91 Å². The number of piperidine rings is 1. The number of rotatable bonds is 6. The first-order valence-corrected chi connectivity index (χ1v) is 13.9. The predicted octanol–water partition coefficient (Wildman–Crippen LogP) is 4.24. The molecule has 2 fully saturated rings. The van der Waals surface area contributed by atoms with Crippen molar-refractivity contribution in [2.75, 3.05) is 60.9 Å². The first-order chi connectivity index (χ1) is 19.1. The fourth-order valence-corrected chi connectivity index (χ4v) is 5.87. The molecule has 0 spiro atoms. The van der Waals surface area contributed by atoms with Crippen LogP contribution in [0, 0.1) is 0 Å². The van der Waals surface area contributed by atoms with E-state index in [2.05, 4.69) is 31.2 Å². The van der Waals surface area contributed by atoms with Gasteiger partial charge in [0.05, 0.1) is 28.5 Å².